The summed E-state index contributed by atoms with van der Waals surface area (Å²) in [5, 5.41) is 15.5. The van der Waals surface area contributed by atoms with Gasteiger partial charge in [0, 0.05) is 62.5 Å². The number of carbonyl (C=O) groups is 3. The van der Waals surface area contributed by atoms with Gasteiger partial charge in [-0.3, -0.25) is 14.4 Å². The Morgan fingerprint density at radius 3 is 2.18 bits per heavy atom. The quantitative estimate of drug-likeness (QED) is 0.416. The summed E-state index contributed by atoms with van der Waals surface area (Å²) in [6, 6.07) is 19.1. The van der Waals surface area contributed by atoms with Crippen LogP contribution in [-0.4, -0.2) is 94.1 Å². The Hall–Kier alpha value is -5.08. The molecule has 5 rings (SSSR count). The van der Waals surface area contributed by atoms with Crippen LogP contribution in [0, 0.1) is 11.3 Å². The summed E-state index contributed by atoms with van der Waals surface area (Å²) in [5.41, 5.74) is 3.20. The number of methoxy groups -OCH3 is 2. The van der Waals surface area contributed by atoms with Gasteiger partial charge in [-0.2, -0.15) is 5.26 Å². The van der Waals surface area contributed by atoms with E-state index in [1.807, 2.05) is 21.9 Å². The Labute approximate surface area is 263 Å². The first kappa shape index (κ1) is 31.3. The lowest BCUT2D eigenvalue weighted by Gasteiger charge is -2.27. The predicted octanol–water partition coefficient (Wildman–Crippen LogP) is 3.62. The smallest absolute Gasteiger partial charge is 0.255 e. The normalized spacial score (nSPS) is 15.4. The first-order valence-electron chi connectivity index (χ1n) is 15.1. The highest BCUT2D eigenvalue weighted by Crippen LogP contribution is 2.32. The average Bonchev–Trinajstić information content (AvgIpc) is 3.51. The number of hydrogen-bond donors (Lipinski definition) is 2. The molecule has 2 aliphatic heterocycles. The minimum Gasteiger partial charge on any atom is -0.493 e. The molecule has 2 fully saturated rings. The van der Waals surface area contributed by atoms with Crippen LogP contribution >= 0.6 is 0 Å². The molecule has 0 aromatic heterocycles. The van der Waals surface area contributed by atoms with Gasteiger partial charge in [0.2, 0.25) is 0 Å². The Morgan fingerprint density at radius 1 is 0.733 bits per heavy atom. The Morgan fingerprint density at radius 2 is 1.42 bits per heavy atom. The van der Waals surface area contributed by atoms with Gasteiger partial charge < -0.3 is 34.8 Å². The lowest BCUT2D eigenvalue weighted by molar-refractivity contribution is 0.0759. The van der Waals surface area contributed by atoms with E-state index in [1.165, 1.54) is 14.2 Å². The van der Waals surface area contributed by atoms with Crippen molar-refractivity contribution in [2.45, 2.75) is 12.8 Å². The lowest BCUT2D eigenvalue weighted by Crippen LogP contribution is -2.35. The van der Waals surface area contributed by atoms with Crippen molar-refractivity contribution in [3.8, 4) is 17.6 Å². The van der Waals surface area contributed by atoms with Gasteiger partial charge in [0.05, 0.1) is 37.2 Å². The minimum absolute atomic E-state index is 0.0816. The molecule has 3 amide bonds. The van der Waals surface area contributed by atoms with Gasteiger partial charge in [0.1, 0.15) is 0 Å². The molecular formula is C34H38N6O5. The van der Waals surface area contributed by atoms with Crippen LogP contribution in [0.15, 0.2) is 60.7 Å². The van der Waals surface area contributed by atoms with Crippen molar-refractivity contribution in [3.05, 3.63) is 82.9 Å². The molecule has 0 unspecified atom stereocenters. The standard InChI is InChI=1S/C34H38N6O5/c1-44-30-12-10-26(22-31(30)45-2)32(41)37-28-21-27(34(43)39-15-3-13-36-14-18-39)9-11-29(28)38-16-4-17-40(20-19-38)33(42)25-7-5-24(23-35)6-8-25/h5-12,21-22,36H,3-4,13-20H2,1-2H3,(H,37,41). The molecule has 234 valence electrons. The van der Waals surface area contributed by atoms with Crippen molar-refractivity contribution in [2.24, 2.45) is 0 Å². The largest absolute Gasteiger partial charge is 0.493 e. The van der Waals surface area contributed by atoms with Crippen LogP contribution in [0.4, 0.5) is 11.4 Å². The predicted molar refractivity (Wildman–Crippen MR) is 171 cm³/mol. The molecule has 0 saturated carbocycles. The monoisotopic (exact) mass is 610 g/mol. The Kier molecular flexibility index (Phi) is 10.2. The highest BCUT2D eigenvalue weighted by Gasteiger charge is 2.25. The molecule has 0 radical (unpaired) electrons. The molecule has 2 saturated heterocycles. The fourth-order valence-corrected chi connectivity index (χ4v) is 5.68. The lowest BCUT2D eigenvalue weighted by atomic mass is 10.1. The molecule has 0 atom stereocenters. The third-order valence-electron chi connectivity index (χ3n) is 8.15. The zero-order valence-electron chi connectivity index (χ0n) is 25.7. The number of nitrogens with one attached hydrogen (secondary N) is 2. The maximum absolute atomic E-state index is 13.6. The van der Waals surface area contributed by atoms with Crippen LogP contribution in [0.1, 0.15) is 49.5 Å². The first-order valence-corrected chi connectivity index (χ1v) is 15.1. The molecular weight excluding hydrogens is 572 g/mol. The van der Waals surface area contributed by atoms with E-state index in [2.05, 4.69) is 21.6 Å². The van der Waals surface area contributed by atoms with Crippen molar-refractivity contribution >= 4 is 29.1 Å². The number of anilines is 2. The number of nitrogens with zero attached hydrogens (tertiary/aromatic N) is 4. The van der Waals surface area contributed by atoms with Crippen LogP contribution in [0.5, 0.6) is 11.5 Å². The molecule has 2 heterocycles. The average molecular weight is 611 g/mol. The number of nitriles is 1. The van der Waals surface area contributed by atoms with E-state index >= 15 is 0 Å². The zero-order chi connectivity index (χ0) is 31.8. The van der Waals surface area contributed by atoms with Crippen molar-refractivity contribution in [1.29, 1.82) is 5.26 Å². The molecule has 11 heteroatoms. The van der Waals surface area contributed by atoms with Gasteiger partial charge in [0.25, 0.3) is 17.7 Å². The van der Waals surface area contributed by atoms with Crippen LogP contribution in [0.2, 0.25) is 0 Å². The molecule has 11 nitrogen and oxygen atoms in total. The third-order valence-corrected chi connectivity index (χ3v) is 8.15. The summed E-state index contributed by atoms with van der Waals surface area (Å²) < 4.78 is 10.7. The maximum Gasteiger partial charge on any atom is 0.255 e. The van der Waals surface area contributed by atoms with E-state index in [4.69, 9.17) is 14.7 Å². The van der Waals surface area contributed by atoms with Crippen LogP contribution in [-0.2, 0) is 0 Å². The number of benzene rings is 3. The summed E-state index contributed by atoms with van der Waals surface area (Å²) in [7, 11) is 3.05. The molecule has 0 bridgehead atoms. The fraction of sp³-hybridized carbons (Fsp3) is 0.353. The topological polar surface area (TPSA) is 127 Å². The number of ether oxygens (including phenoxy) is 2. The number of amides is 3. The van der Waals surface area contributed by atoms with Gasteiger partial charge >= 0.3 is 0 Å². The van der Waals surface area contributed by atoms with E-state index in [9.17, 15) is 14.4 Å². The first-order chi connectivity index (χ1) is 21.9. The summed E-state index contributed by atoms with van der Waals surface area (Å²) in [4.78, 5) is 46.1. The second-order valence-corrected chi connectivity index (χ2v) is 11.0. The second kappa shape index (κ2) is 14.6. The third kappa shape index (κ3) is 7.36. The van der Waals surface area contributed by atoms with Crippen LogP contribution in [0.3, 0.4) is 0 Å². The van der Waals surface area contributed by atoms with Crippen molar-refractivity contribution in [2.75, 3.05) is 76.8 Å². The summed E-state index contributed by atoms with van der Waals surface area (Å²) >= 11 is 0. The fourth-order valence-electron chi connectivity index (χ4n) is 5.68. The number of rotatable bonds is 7. The van der Waals surface area contributed by atoms with Crippen LogP contribution in [0.25, 0.3) is 0 Å². The molecule has 2 N–H and O–H groups in total. The Bertz CT molecular complexity index is 1580. The highest BCUT2D eigenvalue weighted by atomic mass is 16.5. The minimum atomic E-state index is -0.354. The van der Waals surface area contributed by atoms with Gasteiger partial charge in [-0.1, -0.05) is 0 Å². The van der Waals surface area contributed by atoms with Crippen molar-refractivity contribution in [1.82, 2.24) is 15.1 Å². The van der Waals surface area contributed by atoms with Gasteiger partial charge in [0.15, 0.2) is 11.5 Å². The van der Waals surface area contributed by atoms with E-state index in [0.717, 1.165) is 25.2 Å². The zero-order valence-corrected chi connectivity index (χ0v) is 25.7. The van der Waals surface area contributed by atoms with E-state index < -0.39 is 0 Å². The molecule has 0 spiro atoms. The number of carbonyl (C=O) groups excluding carboxylic acids is 3. The SMILES string of the molecule is COc1ccc(C(=O)Nc2cc(C(=O)N3CCCNCC3)ccc2N2CCCN(C(=O)c3ccc(C#N)cc3)CC2)cc1OC. The molecule has 3 aromatic carbocycles. The Balaban J connectivity index is 1.40. The molecule has 2 aliphatic rings. The van der Waals surface area contributed by atoms with Crippen LogP contribution < -0.4 is 25.0 Å². The summed E-state index contributed by atoms with van der Waals surface area (Å²) in [6.07, 6.45) is 1.59. The molecule has 0 aliphatic carbocycles. The van der Waals surface area contributed by atoms with E-state index in [1.54, 1.807) is 48.5 Å². The second-order valence-electron chi connectivity index (χ2n) is 11.0. The van der Waals surface area contributed by atoms with Crippen molar-refractivity contribution in [3.63, 3.8) is 0 Å². The summed E-state index contributed by atoms with van der Waals surface area (Å²) in [5.74, 6) is 0.425. The van der Waals surface area contributed by atoms with E-state index in [0.29, 0.717) is 85.1 Å². The number of hydrogen-bond acceptors (Lipinski definition) is 8. The maximum atomic E-state index is 13.6. The summed E-state index contributed by atoms with van der Waals surface area (Å²) in [6.45, 7) is 5.12. The molecule has 45 heavy (non-hydrogen) atoms. The molecule has 3 aromatic rings. The van der Waals surface area contributed by atoms with Crippen molar-refractivity contribution < 1.29 is 23.9 Å². The van der Waals surface area contributed by atoms with E-state index in [-0.39, 0.29) is 17.7 Å². The van der Waals surface area contributed by atoms with Gasteiger partial charge in [-0.05, 0) is 80.1 Å². The van der Waals surface area contributed by atoms with Gasteiger partial charge in [-0.15, -0.1) is 0 Å². The highest BCUT2D eigenvalue weighted by molar-refractivity contribution is 6.07. The van der Waals surface area contributed by atoms with Gasteiger partial charge in [-0.25, -0.2) is 0 Å².